The van der Waals surface area contributed by atoms with E-state index in [4.69, 9.17) is 9.26 Å². The smallest absolute Gasteiger partial charge is 0.226 e. The standard InChI is InChI=1S/C19H16N4O3/c1-2-18-22-17(23-26-18)12-25-14-8-6-13(7-9-14)19(24)15(11-20)16-5-3-4-10-21-16/h3-10,15H,2,12H2,1H3. The van der Waals surface area contributed by atoms with E-state index in [1.807, 2.05) is 13.0 Å². The molecule has 7 nitrogen and oxygen atoms in total. The van der Waals surface area contributed by atoms with Crippen LogP contribution in [0.4, 0.5) is 0 Å². The normalized spacial score (nSPS) is 11.5. The van der Waals surface area contributed by atoms with Gasteiger partial charge in [0, 0.05) is 18.2 Å². The maximum absolute atomic E-state index is 12.6. The highest BCUT2D eigenvalue weighted by molar-refractivity contribution is 6.02. The van der Waals surface area contributed by atoms with Crippen molar-refractivity contribution < 1.29 is 14.1 Å². The molecule has 1 aromatic carbocycles. The van der Waals surface area contributed by atoms with Gasteiger partial charge in [0.1, 0.15) is 5.75 Å². The van der Waals surface area contributed by atoms with E-state index in [1.54, 1.807) is 48.7 Å². The van der Waals surface area contributed by atoms with Crippen molar-refractivity contribution in [2.75, 3.05) is 0 Å². The molecule has 0 N–H and O–H groups in total. The first-order valence-electron chi connectivity index (χ1n) is 8.10. The first-order chi connectivity index (χ1) is 12.7. The van der Waals surface area contributed by atoms with Crippen LogP contribution in [0.1, 0.15) is 40.6 Å². The summed E-state index contributed by atoms with van der Waals surface area (Å²) in [5.41, 5.74) is 0.853. The van der Waals surface area contributed by atoms with Crippen molar-refractivity contribution in [3.05, 3.63) is 71.6 Å². The third kappa shape index (κ3) is 3.92. The molecule has 0 bridgehead atoms. The number of aromatic nitrogens is 3. The molecule has 0 spiro atoms. The molecule has 3 aromatic rings. The Morgan fingerprint density at radius 3 is 2.69 bits per heavy atom. The Hall–Kier alpha value is -3.53. The fourth-order valence-corrected chi connectivity index (χ4v) is 2.33. The predicted molar refractivity (Wildman–Crippen MR) is 91.4 cm³/mol. The summed E-state index contributed by atoms with van der Waals surface area (Å²) in [6.07, 6.45) is 2.23. The van der Waals surface area contributed by atoms with Crippen molar-refractivity contribution in [2.24, 2.45) is 0 Å². The predicted octanol–water partition coefficient (Wildman–Crippen LogP) is 3.10. The summed E-state index contributed by atoms with van der Waals surface area (Å²) >= 11 is 0. The minimum atomic E-state index is -0.935. The molecule has 0 radical (unpaired) electrons. The Morgan fingerprint density at radius 1 is 1.27 bits per heavy atom. The topological polar surface area (TPSA) is 102 Å². The van der Waals surface area contributed by atoms with E-state index in [2.05, 4.69) is 15.1 Å². The number of ether oxygens (including phenoxy) is 1. The molecule has 0 amide bonds. The van der Waals surface area contributed by atoms with E-state index < -0.39 is 5.92 Å². The first kappa shape index (κ1) is 17.3. The van der Waals surface area contributed by atoms with Crippen LogP contribution in [0.3, 0.4) is 0 Å². The van der Waals surface area contributed by atoms with Gasteiger partial charge in [0.2, 0.25) is 11.7 Å². The molecule has 0 aliphatic rings. The van der Waals surface area contributed by atoms with E-state index in [-0.39, 0.29) is 12.4 Å². The van der Waals surface area contributed by atoms with Crippen LogP contribution in [0, 0.1) is 11.3 Å². The van der Waals surface area contributed by atoms with E-state index in [0.29, 0.717) is 35.1 Å². The van der Waals surface area contributed by atoms with Gasteiger partial charge in [-0.3, -0.25) is 9.78 Å². The van der Waals surface area contributed by atoms with Crippen LogP contribution in [0.25, 0.3) is 0 Å². The highest BCUT2D eigenvalue weighted by Crippen LogP contribution is 2.21. The number of ketones is 1. The Morgan fingerprint density at radius 2 is 2.08 bits per heavy atom. The van der Waals surface area contributed by atoms with Crippen molar-refractivity contribution in [2.45, 2.75) is 25.9 Å². The zero-order valence-corrected chi connectivity index (χ0v) is 14.1. The van der Waals surface area contributed by atoms with Gasteiger partial charge < -0.3 is 9.26 Å². The Kier molecular flexibility index (Phi) is 5.34. The quantitative estimate of drug-likeness (QED) is 0.604. The molecule has 26 heavy (non-hydrogen) atoms. The van der Waals surface area contributed by atoms with Crippen LogP contribution in [0.15, 0.2) is 53.2 Å². The summed E-state index contributed by atoms with van der Waals surface area (Å²) in [6, 6.07) is 13.7. The second kappa shape index (κ2) is 8.03. The molecular weight excluding hydrogens is 332 g/mol. The molecule has 0 saturated heterocycles. The molecule has 0 aliphatic heterocycles. The molecule has 0 fully saturated rings. The summed E-state index contributed by atoms with van der Waals surface area (Å²) < 4.78 is 10.6. The van der Waals surface area contributed by atoms with E-state index in [0.717, 1.165) is 0 Å². The maximum atomic E-state index is 12.6. The highest BCUT2D eigenvalue weighted by Gasteiger charge is 2.22. The number of rotatable bonds is 7. The number of benzene rings is 1. The minimum Gasteiger partial charge on any atom is -0.485 e. The van der Waals surface area contributed by atoms with Crippen LogP contribution < -0.4 is 4.74 Å². The van der Waals surface area contributed by atoms with Crippen LogP contribution >= 0.6 is 0 Å². The molecule has 0 aliphatic carbocycles. The van der Waals surface area contributed by atoms with Gasteiger partial charge in [-0.25, -0.2) is 0 Å². The molecule has 0 saturated carbocycles. The zero-order valence-electron chi connectivity index (χ0n) is 14.1. The lowest BCUT2D eigenvalue weighted by Crippen LogP contribution is -2.12. The van der Waals surface area contributed by atoms with E-state index in [9.17, 15) is 10.1 Å². The number of aryl methyl sites for hydroxylation is 1. The summed E-state index contributed by atoms with van der Waals surface area (Å²) in [6.45, 7) is 2.10. The first-order valence-corrected chi connectivity index (χ1v) is 8.10. The number of carbonyl (C=O) groups is 1. The number of Topliss-reactive ketones (excluding diaryl/α,β-unsaturated/α-hetero) is 1. The van der Waals surface area contributed by atoms with Gasteiger partial charge in [0.15, 0.2) is 18.3 Å². The van der Waals surface area contributed by atoms with E-state index >= 15 is 0 Å². The second-order valence-corrected chi connectivity index (χ2v) is 5.45. The molecule has 2 heterocycles. The van der Waals surface area contributed by atoms with Gasteiger partial charge >= 0.3 is 0 Å². The summed E-state index contributed by atoms with van der Waals surface area (Å²) in [5.74, 6) is 0.345. The molecule has 1 unspecified atom stereocenters. The van der Waals surface area contributed by atoms with E-state index in [1.165, 1.54) is 0 Å². The monoisotopic (exact) mass is 348 g/mol. The Balaban J connectivity index is 1.66. The largest absolute Gasteiger partial charge is 0.485 e. The second-order valence-electron chi connectivity index (χ2n) is 5.45. The van der Waals surface area contributed by atoms with Gasteiger partial charge in [-0.05, 0) is 36.4 Å². The zero-order chi connectivity index (χ0) is 18.4. The Bertz CT molecular complexity index is 914. The molecule has 130 valence electrons. The number of hydrogen-bond acceptors (Lipinski definition) is 7. The summed E-state index contributed by atoms with van der Waals surface area (Å²) in [5, 5.41) is 13.1. The van der Waals surface area contributed by atoms with Gasteiger partial charge in [0.25, 0.3) is 0 Å². The highest BCUT2D eigenvalue weighted by atomic mass is 16.5. The van der Waals surface area contributed by atoms with Gasteiger partial charge in [0.05, 0.1) is 11.8 Å². The average Bonchev–Trinajstić information content (AvgIpc) is 3.16. The van der Waals surface area contributed by atoms with Crippen LogP contribution in [0.2, 0.25) is 0 Å². The van der Waals surface area contributed by atoms with Crippen LogP contribution in [0.5, 0.6) is 5.75 Å². The van der Waals surface area contributed by atoms with Crippen LogP contribution in [-0.2, 0) is 13.0 Å². The Labute approximate surface area is 150 Å². The molecule has 3 rings (SSSR count). The fraction of sp³-hybridized carbons (Fsp3) is 0.211. The average molecular weight is 348 g/mol. The number of nitriles is 1. The van der Waals surface area contributed by atoms with Crippen molar-refractivity contribution in [3.8, 4) is 11.8 Å². The maximum Gasteiger partial charge on any atom is 0.226 e. The SMILES string of the molecule is CCc1nc(COc2ccc(C(=O)C(C#N)c3ccccn3)cc2)no1. The van der Waals surface area contributed by atoms with Gasteiger partial charge in [-0.15, -0.1) is 0 Å². The molecule has 1 atom stereocenters. The van der Waals surface area contributed by atoms with Crippen molar-refractivity contribution in [1.29, 1.82) is 5.26 Å². The lowest BCUT2D eigenvalue weighted by atomic mass is 9.95. The van der Waals surface area contributed by atoms with Gasteiger partial charge in [-0.2, -0.15) is 10.2 Å². The molecular formula is C19H16N4O3. The van der Waals surface area contributed by atoms with Crippen molar-refractivity contribution in [1.82, 2.24) is 15.1 Å². The lowest BCUT2D eigenvalue weighted by Gasteiger charge is -2.08. The van der Waals surface area contributed by atoms with Crippen molar-refractivity contribution >= 4 is 5.78 Å². The fourth-order valence-electron chi connectivity index (χ4n) is 2.33. The number of carbonyl (C=O) groups excluding carboxylic acids is 1. The minimum absolute atomic E-state index is 0.172. The number of nitrogens with zero attached hydrogens (tertiary/aromatic N) is 4. The molecule has 7 heteroatoms. The lowest BCUT2D eigenvalue weighted by molar-refractivity contribution is 0.0977. The summed E-state index contributed by atoms with van der Waals surface area (Å²) in [4.78, 5) is 20.8. The summed E-state index contributed by atoms with van der Waals surface area (Å²) in [7, 11) is 0. The number of pyridine rings is 1. The molecule has 2 aromatic heterocycles. The van der Waals surface area contributed by atoms with Crippen molar-refractivity contribution in [3.63, 3.8) is 0 Å². The number of hydrogen-bond donors (Lipinski definition) is 0. The van der Waals surface area contributed by atoms with Crippen LogP contribution in [-0.4, -0.2) is 20.9 Å². The third-order valence-electron chi connectivity index (χ3n) is 3.69. The van der Waals surface area contributed by atoms with Gasteiger partial charge in [-0.1, -0.05) is 18.1 Å². The third-order valence-corrected chi connectivity index (χ3v) is 3.69.